The summed E-state index contributed by atoms with van der Waals surface area (Å²) < 4.78 is 57.8. The van der Waals surface area contributed by atoms with Gasteiger partial charge in [-0.3, -0.25) is 9.36 Å². The Balaban J connectivity index is 1.88. The first-order valence-electron chi connectivity index (χ1n) is 12.7. The summed E-state index contributed by atoms with van der Waals surface area (Å²) in [5.41, 5.74) is -0.617. The molecule has 0 aliphatic heterocycles. The zero-order valence-electron chi connectivity index (χ0n) is 23.2. The lowest BCUT2D eigenvalue weighted by Crippen LogP contribution is -2.41. The first kappa shape index (κ1) is 30.8. The van der Waals surface area contributed by atoms with Crippen LogP contribution in [0.15, 0.2) is 69.9 Å². The number of anilines is 1. The Labute approximate surface area is 247 Å². The number of aromatic nitrogens is 2. The lowest BCUT2D eigenvalue weighted by molar-refractivity contribution is -0.137. The van der Waals surface area contributed by atoms with Crippen LogP contribution in [0.3, 0.4) is 0 Å². The Morgan fingerprint density at radius 3 is 2.48 bits per heavy atom. The number of alkyl halides is 3. The molecule has 0 radical (unpaired) electrons. The van der Waals surface area contributed by atoms with Crippen LogP contribution in [-0.2, 0) is 10.9 Å². The highest BCUT2D eigenvalue weighted by atomic mass is 79.9. The van der Waals surface area contributed by atoms with Crippen LogP contribution in [0, 0.1) is 0 Å². The summed E-state index contributed by atoms with van der Waals surface area (Å²) in [6.45, 7) is 1.81. The predicted octanol–water partition coefficient (Wildman–Crippen LogP) is 6.43. The molecule has 2 amide bonds. The largest absolute Gasteiger partial charge is 0.497 e. The van der Waals surface area contributed by atoms with Crippen molar-refractivity contribution in [3.63, 3.8) is 0 Å². The molecule has 0 fully saturated rings. The van der Waals surface area contributed by atoms with Crippen LogP contribution in [0.5, 0.6) is 11.5 Å². The number of hydrogen-bond acceptors (Lipinski definition) is 6. The maximum absolute atomic E-state index is 14.0. The van der Waals surface area contributed by atoms with E-state index < -0.39 is 29.4 Å². The van der Waals surface area contributed by atoms with Gasteiger partial charge in [-0.15, -0.1) is 0 Å². The molecule has 1 atom stereocenters. The molecule has 0 spiro atoms. The quantitative estimate of drug-likeness (QED) is 0.225. The molecule has 4 rings (SSSR count). The predicted molar refractivity (Wildman–Crippen MR) is 156 cm³/mol. The van der Waals surface area contributed by atoms with Crippen molar-refractivity contribution >= 4 is 38.6 Å². The van der Waals surface area contributed by atoms with Crippen molar-refractivity contribution in [3.05, 3.63) is 86.9 Å². The number of methoxy groups -OCH3 is 3. The number of para-hydroxylation sites is 1. The van der Waals surface area contributed by atoms with Crippen LogP contribution >= 0.6 is 15.9 Å². The molecule has 0 saturated carbocycles. The lowest BCUT2D eigenvalue weighted by Gasteiger charge is -2.31. The maximum Gasteiger partial charge on any atom is 0.416 e. The fraction of sp³-hybridized carbons (Fsp3) is 0.276. The third-order valence-corrected chi connectivity index (χ3v) is 7.37. The number of carbonyl (C=O) groups is 1. The van der Waals surface area contributed by atoms with E-state index in [1.165, 1.54) is 42.9 Å². The topological polar surface area (TPSA) is 94.9 Å². The van der Waals surface area contributed by atoms with Gasteiger partial charge in [0.2, 0.25) is 0 Å². The Kier molecular flexibility index (Phi) is 9.42. The van der Waals surface area contributed by atoms with E-state index in [1.807, 2.05) is 0 Å². The average Bonchev–Trinajstić information content (AvgIpc) is 2.97. The van der Waals surface area contributed by atoms with Crippen molar-refractivity contribution in [1.82, 2.24) is 14.5 Å². The molecule has 0 saturated heterocycles. The Hall–Kier alpha value is -4.10. The van der Waals surface area contributed by atoms with E-state index in [0.717, 1.165) is 12.1 Å². The number of ether oxygens (including phenoxy) is 3. The second kappa shape index (κ2) is 12.8. The number of carbonyl (C=O) groups excluding carboxylic acids is 1. The number of urea groups is 1. The molecule has 1 aromatic heterocycles. The molecule has 9 nitrogen and oxygen atoms in total. The van der Waals surface area contributed by atoms with Gasteiger partial charge in [0, 0.05) is 31.5 Å². The highest BCUT2D eigenvalue weighted by Crippen LogP contribution is 2.37. The Bertz CT molecular complexity index is 1660. The zero-order valence-corrected chi connectivity index (χ0v) is 24.7. The molecule has 3 aromatic carbocycles. The minimum Gasteiger partial charge on any atom is -0.497 e. The summed E-state index contributed by atoms with van der Waals surface area (Å²) >= 11 is 3.53. The number of amides is 2. The maximum atomic E-state index is 14.0. The number of benzene rings is 3. The molecule has 0 bridgehead atoms. The van der Waals surface area contributed by atoms with E-state index in [2.05, 4.69) is 21.2 Å². The van der Waals surface area contributed by atoms with Crippen molar-refractivity contribution in [2.24, 2.45) is 0 Å². The fourth-order valence-electron chi connectivity index (χ4n) is 4.42. The van der Waals surface area contributed by atoms with E-state index in [0.29, 0.717) is 32.6 Å². The Morgan fingerprint density at radius 2 is 1.81 bits per heavy atom. The Morgan fingerprint density at radius 1 is 1.07 bits per heavy atom. The van der Waals surface area contributed by atoms with Gasteiger partial charge in [0.05, 0.1) is 53.5 Å². The fourth-order valence-corrected chi connectivity index (χ4v) is 4.99. The van der Waals surface area contributed by atoms with Gasteiger partial charge in [-0.1, -0.05) is 18.2 Å². The molecule has 0 aliphatic rings. The van der Waals surface area contributed by atoms with Gasteiger partial charge in [0.15, 0.2) is 0 Å². The molecule has 222 valence electrons. The standard InChI is InChI=1S/C29H28BrF3N4O5/c1-17(36(12-13-40-2)28(39)34-19-9-7-8-18(14-19)29(31,32)33)26-35-22-11-6-5-10-21(22)27(38)37(26)23-15-20(41-3)16-24(42-4)25(23)30/h5-11,14-17H,12-13H2,1-4H3,(H,34,39). The first-order valence-corrected chi connectivity index (χ1v) is 13.5. The van der Waals surface area contributed by atoms with E-state index in [9.17, 15) is 22.8 Å². The summed E-state index contributed by atoms with van der Waals surface area (Å²) in [7, 11) is 4.40. The first-order chi connectivity index (χ1) is 20.0. The lowest BCUT2D eigenvalue weighted by atomic mass is 10.1. The van der Waals surface area contributed by atoms with Gasteiger partial charge in [-0.05, 0) is 53.2 Å². The van der Waals surface area contributed by atoms with E-state index >= 15 is 0 Å². The average molecular weight is 649 g/mol. The summed E-state index contributed by atoms with van der Waals surface area (Å²) in [6.07, 6.45) is -4.58. The van der Waals surface area contributed by atoms with Gasteiger partial charge in [-0.25, -0.2) is 9.78 Å². The number of nitrogens with zero attached hydrogens (tertiary/aromatic N) is 3. The van der Waals surface area contributed by atoms with Crippen molar-refractivity contribution < 1.29 is 32.2 Å². The smallest absolute Gasteiger partial charge is 0.416 e. The van der Waals surface area contributed by atoms with Crippen LogP contribution in [0.25, 0.3) is 16.6 Å². The third-order valence-electron chi connectivity index (χ3n) is 6.57. The number of nitrogens with one attached hydrogen (secondary N) is 1. The SMILES string of the molecule is COCCN(C(=O)Nc1cccc(C(F)(F)F)c1)C(C)c1nc2ccccc2c(=O)n1-c1cc(OC)cc(OC)c1Br. The second-order valence-electron chi connectivity index (χ2n) is 9.16. The molecule has 1 heterocycles. The van der Waals surface area contributed by atoms with Gasteiger partial charge < -0.3 is 24.4 Å². The van der Waals surface area contributed by atoms with Crippen LogP contribution < -0.4 is 20.3 Å². The highest BCUT2D eigenvalue weighted by Gasteiger charge is 2.32. The minimum atomic E-state index is -4.58. The summed E-state index contributed by atoms with van der Waals surface area (Å²) in [6, 6.07) is 12.8. The number of rotatable bonds is 9. The van der Waals surface area contributed by atoms with Crippen LogP contribution in [0.2, 0.25) is 0 Å². The normalized spacial score (nSPS) is 12.2. The monoisotopic (exact) mass is 648 g/mol. The van der Waals surface area contributed by atoms with Crippen molar-refractivity contribution in [3.8, 4) is 17.2 Å². The van der Waals surface area contributed by atoms with E-state index in [1.54, 1.807) is 43.3 Å². The van der Waals surface area contributed by atoms with Gasteiger partial charge >= 0.3 is 12.2 Å². The van der Waals surface area contributed by atoms with E-state index in [4.69, 9.17) is 19.2 Å². The molecule has 4 aromatic rings. The van der Waals surface area contributed by atoms with E-state index in [-0.39, 0.29) is 24.7 Å². The van der Waals surface area contributed by atoms with Crippen LogP contribution in [0.1, 0.15) is 24.4 Å². The number of hydrogen-bond donors (Lipinski definition) is 1. The minimum absolute atomic E-state index is 0.0355. The van der Waals surface area contributed by atoms with Crippen molar-refractivity contribution in [2.45, 2.75) is 19.1 Å². The van der Waals surface area contributed by atoms with Crippen molar-refractivity contribution in [1.29, 1.82) is 0 Å². The van der Waals surface area contributed by atoms with Crippen molar-refractivity contribution in [2.75, 3.05) is 39.8 Å². The van der Waals surface area contributed by atoms with Gasteiger partial charge in [0.1, 0.15) is 17.3 Å². The molecule has 13 heteroatoms. The number of halogens is 4. The molecular formula is C29H28BrF3N4O5. The van der Waals surface area contributed by atoms with Crippen LogP contribution in [0.4, 0.5) is 23.7 Å². The second-order valence-corrected chi connectivity index (χ2v) is 9.95. The van der Waals surface area contributed by atoms with Crippen LogP contribution in [-0.4, -0.2) is 55.0 Å². The van der Waals surface area contributed by atoms with Gasteiger partial charge in [-0.2, -0.15) is 13.2 Å². The summed E-state index contributed by atoms with van der Waals surface area (Å²) in [5, 5.41) is 2.87. The third kappa shape index (κ3) is 6.36. The van der Waals surface area contributed by atoms with Gasteiger partial charge in [0.25, 0.3) is 5.56 Å². The molecule has 1 unspecified atom stereocenters. The number of fused-ring (bicyclic) bond motifs is 1. The summed E-state index contributed by atoms with van der Waals surface area (Å²) in [5.74, 6) is 0.980. The molecule has 42 heavy (non-hydrogen) atoms. The molecule has 0 aliphatic carbocycles. The molecular weight excluding hydrogens is 621 g/mol. The zero-order chi connectivity index (χ0) is 30.6. The highest BCUT2D eigenvalue weighted by molar-refractivity contribution is 9.10. The summed E-state index contributed by atoms with van der Waals surface area (Å²) in [4.78, 5) is 33.7. The molecule has 1 N–H and O–H groups in total.